The summed E-state index contributed by atoms with van der Waals surface area (Å²) in [7, 11) is 0. The van der Waals surface area contributed by atoms with Crippen molar-refractivity contribution >= 4 is 11.7 Å². The van der Waals surface area contributed by atoms with Crippen LogP contribution in [-0.2, 0) is 11.2 Å². The molecule has 0 fully saturated rings. The third-order valence-corrected chi connectivity index (χ3v) is 2.74. The summed E-state index contributed by atoms with van der Waals surface area (Å²) >= 11 is 0. The number of carbonyl (C=O) groups excluding carboxylic acids is 1. The topological polar surface area (TPSA) is 87.3 Å². The largest absolute Gasteiger partial charge is 0.477 e. The first kappa shape index (κ1) is 14.8. The maximum absolute atomic E-state index is 11.7. The first-order valence-electron chi connectivity index (χ1n) is 6.66. The van der Waals surface area contributed by atoms with Crippen molar-refractivity contribution in [3.63, 3.8) is 0 Å². The van der Waals surface area contributed by atoms with Gasteiger partial charge in [-0.1, -0.05) is 6.07 Å². The van der Waals surface area contributed by atoms with E-state index in [9.17, 15) is 4.79 Å². The van der Waals surface area contributed by atoms with Crippen LogP contribution in [0.3, 0.4) is 0 Å². The Balaban J connectivity index is 1.97. The maximum atomic E-state index is 11.7. The fraction of sp³-hybridized carbons (Fsp3) is 0.267. The molecular weight excluding hydrogens is 270 g/mol. The minimum Gasteiger partial charge on any atom is -0.477 e. The van der Waals surface area contributed by atoms with Crippen LogP contribution in [0.1, 0.15) is 23.0 Å². The van der Waals surface area contributed by atoms with Gasteiger partial charge >= 0.3 is 5.97 Å². The lowest BCUT2D eigenvalue weighted by molar-refractivity contribution is 0.0527. The molecule has 0 aromatic carbocycles. The maximum Gasteiger partial charge on any atom is 0.340 e. The van der Waals surface area contributed by atoms with E-state index in [1.54, 1.807) is 13.1 Å². The molecule has 0 aliphatic carbocycles. The molecule has 0 aliphatic rings. The quantitative estimate of drug-likeness (QED) is 0.816. The predicted octanol–water partition coefficient (Wildman–Crippen LogP) is 1.86. The average Bonchev–Trinajstić information content (AvgIpc) is 2.50. The number of esters is 1. The van der Waals surface area contributed by atoms with Gasteiger partial charge in [-0.25, -0.2) is 9.78 Å². The second-order valence-electron chi connectivity index (χ2n) is 4.25. The Morgan fingerprint density at radius 3 is 2.90 bits per heavy atom. The Bertz CT molecular complexity index is 602. The van der Waals surface area contributed by atoms with E-state index in [1.807, 2.05) is 18.2 Å². The molecule has 2 aromatic heterocycles. The van der Waals surface area contributed by atoms with Crippen LogP contribution in [0.2, 0.25) is 0 Å². The monoisotopic (exact) mass is 287 g/mol. The molecule has 0 amide bonds. The molecule has 2 heterocycles. The average molecular weight is 287 g/mol. The van der Waals surface area contributed by atoms with Gasteiger partial charge in [0.25, 0.3) is 0 Å². The predicted molar refractivity (Wildman–Crippen MR) is 78.0 cm³/mol. The Morgan fingerprint density at radius 1 is 1.33 bits per heavy atom. The van der Waals surface area contributed by atoms with Gasteiger partial charge in [-0.15, -0.1) is 0 Å². The lowest BCUT2D eigenvalue weighted by Crippen LogP contribution is -2.10. The van der Waals surface area contributed by atoms with E-state index >= 15 is 0 Å². The van der Waals surface area contributed by atoms with Crippen molar-refractivity contribution in [1.29, 1.82) is 0 Å². The van der Waals surface area contributed by atoms with Crippen LogP contribution in [0.15, 0.2) is 36.7 Å². The van der Waals surface area contributed by atoms with Gasteiger partial charge in [0.1, 0.15) is 0 Å². The Hall–Kier alpha value is -2.63. The molecule has 2 rings (SSSR count). The van der Waals surface area contributed by atoms with Crippen molar-refractivity contribution in [2.24, 2.45) is 0 Å². The fourth-order valence-corrected chi connectivity index (χ4v) is 1.72. The van der Waals surface area contributed by atoms with Crippen LogP contribution >= 0.6 is 0 Å². The van der Waals surface area contributed by atoms with Gasteiger partial charge < -0.3 is 15.2 Å². The number of nitrogen functional groups attached to an aromatic ring is 1. The number of nitrogens with zero attached hydrogens (tertiary/aromatic N) is 2. The molecule has 0 saturated carbocycles. The summed E-state index contributed by atoms with van der Waals surface area (Å²) in [5, 5.41) is 0. The number of hydrogen-bond donors (Lipinski definition) is 1. The van der Waals surface area contributed by atoms with Gasteiger partial charge in [-0.2, -0.15) is 0 Å². The van der Waals surface area contributed by atoms with Crippen LogP contribution in [0.4, 0.5) is 5.69 Å². The van der Waals surface area contributed by atoms with Crippen LogP contribution < -0.4 is 10.5 Å². The second kappa shape index (κ2) is 7.23. The summed E-state index contributed by atoms with van der Waals surface area (Å²) in [5.41, 5.74) is 7.17. The van der Waals surface area contributed by atoms with Crippen molar-refractivity contribution in [3.8, 4) is 5.88 Å². The van der Waals surface area contributed by atoms with E-state index < -0.39 is 5.97 Å². The normalized spacial score (nSPS) is 10.1. The van der Waals surface area contributed by atoms with Crippen LogP contribution in [0, 0.1) is 0 Å². The van der Waals surface area contributed by atoms with Gasteiger partial charge in [0.2, 0.25) is 5.88 Å². The molecule has 0 atom stereocenters. The smallest absolute Gasteiger partial charge is 0.340 e. The lowest BCUT2D eigenvalue weighted by Gasteiger charge is -2.08. The molecule has 2 N–H and O–H groups in total. The van der Waals surface area contributed by atoms with E-state index in [0.717, 1.165) is 5.69 Å². The fourth-order valence-electron chi connectivity index (χ4n) is 1.72. The molecule has 0 unspecified atom stereocenters. The highest BCUT2D eigenvalue weighted by Crippen LogP contribution is 2.17. The lowest BCUT2D eigenvalue weighted by atomic mass is 10.2. The third kappa shape index (κ3) is 4.17. The van der Waals surface area contributed by atoms with Crippen LogP contribution in [-0.4, -0.2) is 29.2 Å². The molecule has 21 heavy (non-hydrogen) atoms. The minimum atomic E-state index is -0.480. The minimum absolute atomic E-state index is 0.264. The van der Waals surface area contributed by atoms with Gasteiger partial charge in [-0.3, -0.25) is 4.98 Å². The zero-order valence-electron chi connectivity index (χ0n) is 11.8. The highest BCUT2D eigenvalue weighted by atomic mass is 16.5. The number of rotatable bonds is 6. The van der Waals surface area contributed by atoms with E-state index in [2.05, 4.69) is 9.97 Å². The molecule has 6 heteroatoms. The molecule has 0 spiro atoms. The number of aromatic nitrogens is 2. The second-order valence-corrected chi connectivity index (χ2v) is 4.25. The summed E-state index contributed by atoms with van der Waals surface area (Å²) in [5.74, 6) is -0.143. The van der Waals surface area contributed by atoms with Crippen molar-refractivity contribution in [1.82, 2.24) is 9.97 Å². The van der Waals surface area contributed by atoms with Gasteiger partial charge in [0, 0.05) is 24.4 Å². The van der Waals surface area contributed by atoms with E-state index in [-0.39, 0.29) is 17.9 Å². The van der Waals surface area contributed by atoms with Crippen molar-refractivity contribution in [3.05, 3.63) is 47.9 Å². The van der Waals surface area contributed by atoms with Crippen LogP contribution in [0.5, 0.6) is 5.88 Å². The molecule has 0 aliphatic heterocycles. The molecular formula is C15H17N3O3. The Kier molecular flexibility index (Phi) is 5.09. The SMILES string of the molecule is CCOC(=O)c1cc(OCCc2ccccn2)ncc1N. The van der Waals surface area contributed by atoms with Crippen molar-refractivity contribution in [2.45, 2.75) is 13.3 Å². The molecule has 110 valence electrons. The number of hydrogen-bond acceptors (Lipinski definition) is 6. The number of ether oxygens (including phenoxy) is 2. The van der Waals surface area contributed by atoms with Gasteiger partial charge in [0.15, 0.2) is 0 Å². The van der Waals surface area contributed by atoms with Crippen LogP contribution in [0.25, 0.3) is 0 Å². The number of nitrogens with two attached hydrogens (primary N) is 1. The summed E-state index contributed by atoms with van der Waals surface area (Å²) in [4.78, 5) is 20.0. The van der Waals surface area contributed by atoms with Gasteiger partial charge in [-0.05, 0) is 19.1 Å². The number of carbonyl (C=O) groups is 1. The molecule has 2 aromatic rings. The number of anilines is 1. The highest BCUT2D eigenvalue weighted by molar-refractivity contribution is 5.95. The zero-order valence-corrected chi connectivity index (χ0v) is 11.8. The van der Waals surface area contributed by atoms with E-state index in [1.165, 1.54) is 12.3 Å². The van der Waals surface area contributed by atoms with Gasteiger partial charge in [0.05, 0.1) is 30.7 Å². The third-order valence-electron chi connectivity index (χ3n) is 2.74. The molecule has 0 saturated heterocycles. The summed E-state index contributed by atoms with van der Waals surface area (Å²) < 4.78 is 10.4. The number of pyridine rings is 2. The summed E-state index contributed by atoms with van der Waals surface area (Å²) in [6.07, 6.45) is 3.78. The first-order chi connectivity index (χ1) is 10.2. The Morgan fingerprint density at radius 2 is 2.19 bits per heavy atom. The standard InChI is InChI=1S/C15H17N3O3/c1-2-20-15(19)12-9-14(18-10-13(12)16)21-8-6-11-5-3-4-7-17-11/h3-5,7,9-10H,2,6,8,16H2,1H3. The van der Waals surface area contributed by atoms with E-state index in [0.29, 0.717) is 18.9 Å². The van der Waals surface area contributed by atoms with Crippen molar-refractivity contribution in [2.75, 3.05) is 18.9 Å². The summed E-state index contributed by atoms with van der Waals surface area (Å²) in [6.45, 7) is 2.44. The Labute approximate surface area is 122 Å². The zero-order chi connectivity index (χ0) is 15.1. The molecule has 6 nitrogen and oxygen atoms in total. The molecule has 0 bridgehead atoms. The highest BCUT2D eigenvalue weighted by Gasteiger charge is 2.13. The first-order valence-corrected chi connectivity index (χ1v) is 6.66. The molecule has 0 radical (unpaired) electrons. The van der Waals surface area contributed by atoms with Crippen molar-refractivity contribution < 1.29 is 14.3 Å². The van der Waals surface area contributed by atoms with E-state index in [4.69, 9.17) is 15.2 Å². The summed E-state index contributed by atoms with van der Waals surface area (Å²) in [6, 6.07) is 7.19.